The Hall–Kier alpha value is -6.24. The van der Waals surface area contributed by atoms with E-state index in [0.717, 1.165) is 60.7 Å². The summed E-state index contributed by atoms with van der Waals surface area (Å²) in [7, 11) is 0. The van der Waals surface area contributed by atoms with Crippen molar-refractivity contribution in [3.63, 3.8) is 0 Å². The number of hydrogen-bond acceptors (Lipinski definition) is 3. The fourth-order valence-corrected chi connectivity index (χ4v) is 19.6. The third-order valence-electron chi connectivity index (χ3n) is 10.7. The molecule has 0 saturated carbocycles. The van der Waals surface area contributed by atoms with Gasteiger partial charge in [-0.2, -0.15) is 0 Å². The van der Waals surface area contributed by atoms with Gasteiger partial charge in [0, 0.05) is 0 Å². The molecule has 0 atom stereocenters. The van der Waals surface area contributed by atoms with Crippen LogP contribution in [0, 0.1) is 0 Å². The van der Waals surface area contributed by atoms with Gasteiger partial charge in [0.2, 0.25) is 0 Å². The number of fused-ring (bicyclic) bond motifs is 9. The predicted octanol–water partition coefficient (Wildman–Crippen LogP) is 8.50. The molecule has 51 heavy (non-hydrogen) atoms. The molecular formula is C46H29GeN3O. The SMILES string of the molecule is c1ccc(-c2nc(-n3c4ccccc4c4cc5oc6ccccc6c5cc43)nc3[c]2[Ge]([c]2ccccc2)([c]2ccccc2)[c]2ccccc2-3)cc1. The second kappa shape index (κ2) is 10.9. The van der Waals surface area contributed by atoms with Crippen molar-refractivity contribution in [1.29, 1.82) is 0 Å². The number of hydrogen-bond donors (Lipinski definition) is 0. The van der Waals surface area contributed by atoms with Crippen molar-refractivity contribution in [3.05, 3.63) is 176 Å². The average Bonchev–Trinajstić information content (AvgIpc) is 3.83. The third-order valence-corrected chi connectivity index (χ3v) is 20.9. The summed E-state index contributed by atoms with van der Waals surface area (Å²) in [5.41, 5.74) is 8.21. The summed E-state index contributed by atoms with van der Waals surface area (Å²) in [5.74, 6) is 0.667. The van der Waals surface area contributed by atoms with Crippen LogP contribution in [0.2, 0.25) is 0 Å². The van der Waals surface area contributed by atoms with E-state index in [2.05, 4.69) is 168 Å². The van der Waals surface area contributed by atoms with Gasteiger partial charge >= 0.3 is 298 Å². The van der Waals surface area contributed by atoms with Crippen molar-refractivity contribution in [3.8, 4) is 28.5 Å². The second-order valence-electron chi connectivity index (χ2n) is 13.3. The molecule has 0 spiro atoms. The summed E-state index contributed by atoms with van der Waals surface area (Å²) in [6, 6.07) is 63.3. The van der Waals surface area contributed by atoms with E-state index in [1.165, 1.54) is 23.1 Å². The Kier molecular flexibility index (Phi) is 6.10. The quantitative estimate of drug-likeness (QED) is 0.172. The topological polar surface area (TPSA) is 43.9 Å². The molecule has 1 aliphatic heterocycles. The van der Waals surface area contributed by atoms with E-state index in [9.17, 15) is 0 Å². The molecule has 5 heteroatoms. The fraction of sp³-hybridized carbons (Fsp3) is 0. The summed E-state index contributed by atoms with van der Waals surface area (Å²) in [5, 5.41) is 4.44. The van der Waals surface area contributed by atoms with E-state index < -0.39 is 13.3 Å². The van der Waals surface area contributed by atoms with Crippen LogP contribution in [0.5, 0.6) is 0 Å². The van der Waals surface area contributed by atoms with Crippen LogP contribution in [-0.4, -0.2) is 27.8 Å². The van der Waals surface area contributed by atoms with Gasteiger partial charge in [0.05, 0.1) is 0 Å². The van der Waals surface area contributed by atoms with Gasteiger partial charge in [-0.15, -0.1) is 0 Å². The molecule has 0 aliphatic carbocycles. The minimum absolute atomic E-state index is 0.667. The second-order valence-corrected chi connectivity index (χ2v) is 21.1. The minimum atomic E-state index is -3.65. The normalized spacial score (nSPS) is 13.3. The van der Waals surface area contributed by atoms with Crippen LogP contribution in [0.4, 0.5) is 0 Å². The molecule has 0 saturated heterocycles. The maximum atomic E-state index is 6.37. The Morgan fingerprint density at radius 3 is 1.82 bits per heavy atom. The number of benzene rings is 7. The maximum absolute atomic E-state index is 6.37. The zero-order valence-corrected chi connectivity index (χ0v) is 29.6. The number of nitrogens with zero attached hydrogens (tertiary/aromatic N) is 3. The first-order valence-corrected chi connectivity index (χ1v) is 21.5. The molecule has 0 radical (unpaired) electrons. The summed E-state index contributed by atoms with van der Waals surface area (Å²) in [6.07, 6.45) is 0. The molecule has 0 bridgehead atoms. The van der Waals surface area contributed by atoms with Crippen LogP contribution in [0.25, 0.3) is 72.2 Å². The van der Waals surface area contributed by atoms with Gasteiger partial charge in [-0.05, 0) is 0 Å². The summed E-state index contributed by atoms with van der Waals surface area (Å²) >= 11 is -3.65. The van der Waals surface area contributed by atoms with Crippen molar-refractivity contribution < 1.29 is 4.42 Å². The van der Waals surface area contributed by atoms with Crippen molar-refractivity contribution >= 4 is 74.6 Å². The Labute approximate surface area is 296 Å². The first kappa shape index (κ1) is 28.6. The van der Waals surface area contributed by atoms with Gasteiger partial charge in [-0.1, -0.05) is 0 Å². The van der Waals surface area contributed by atoms with E-state index in [-0.39, 0.29) is 0 Å². The number of furan rings is 1. The Morgan fingerprint density at radius 1 is 0.451 bits per heavy atom. The summed E-state index contributed by atoms with van der Waals surface area (Å²) in [4.78, 5) is 11.4. The van der Waals surface area contributed by atoms with Gasteiger partial charge in [0.1, 0.15) is 0 Å². The molecule has 238 valence electrons. The van der Waals surface area contributed by atoms with Crippen molar-refractivity contribution in [2.24, 2.45) is 0 Å². The molecule has 0 unspecified atom stereocenters. The Morgan fingerprint density at radius 2 is 1.06 bits per heavy atom. The molecule has 4 nitrogen and oxygen atoms in total. The van der Waals surface area contributed by atoms with Gasteiger partial charge in [0.25, 0.3) is 0 Å². The molecule has 0 N–H and O–H groups in total. The van der Waals surface area contributed by atoms with Crippen LogP contribution in [0.3, 0.4) is 0 Å². The molecule has 0 amide bonds. The Bertz CT molecular complexity index is 2930. The van der Waals surface area contributed by atoms with Crippen LogP contribution < -0.4 is 17.6 Å². The van der Waals surface area contributed by atoms with E-state index >= 15 is 0 Å². The summed E-state index contributed by atoms with van der Waals surface area (Å²) < 4.78 is 14.1. The first-order chi connectivity index (χ1) is 25.3. The number of aromatic nitrogens is 3. The monoisotopic (exact) mass is 713 g/mol. The molecule has 10 aromatic rings. The van der Waals surface area contributed by atoms with Crippen molar-refractivity contribution in [2.45, 2.75) is 0 Å². The molecule has 7 aromatic carbocycles. The van der Waals surface area contributed by atoms with Crippen LogP contribution in [0.1, 0.15) is 0 Å². The van der Waals surface area contributed by atoms with Gasteiger partial charge in [-0.3, -0.25) is 0 Å². The average molecular weight is 712 g/mol. The fourth-order valence-electron chi connectivity index (χ4n) is 8.60. The molecule has 11 rings (SSSR count). The van der Waals surface area contributed by atoms with Gasteiger partial charge in [0.15, 0.2) is 0 Å². The summed E-state index contributed by atoms with van der Waals surface area (Å²) in [6.45, 7) is 0. The first-order valence-electron chi connectivity index (χ1n) is 17.3. The molecule has 4 heterocycles. The van der Waals surface area contributed by atoms with Gasteiger partial charge < -0.3 is 0 Å². The van der Waals surface area contributed by atoms with E-state index in [1.807, 2.05) is 12.1 Å². The van der Waals surface area contributed by atoms with Gasteiger partial charge in [-0.25, -0.2) is 0 Å². The van der Waals surface area contributed by atoms with Crippen molar-refractivity contribution in [2.75, 3.05) is 0 Å². The van der Waals surface area contributed by atoms with E-state index in [1.54, 1.807) is 0 Å². The Balaban J connectivity index is 1.31. The van der Waals surface area contributed by atoms with E-state index in [4.69, 9.17) is 14.4 Å². The van der Waals surface area contributed by atoms with Crippen molar-refractivity contribution in [1.82, 2.24) is 14.5 Å². The zero-order chi connectivity index (χ0) is 33.5. The third kappa shape index (κ3) is 3.96. The predicted molar refractivity (Wildman–Crippen MR) is 212 cm³/mol. The number of para-hydroxylation sites is 2. The van der Waals surface area contributed by atoms with Crippen LogP contribution in [-0.2, 0) is 0 Å². The molecule has 1 aliphatic rings. The molecule has 3 aromatic heterocycles. The van der Waals surface area contributed by atoms with E-state index in [0.29, 0.717) is 5.95 Å². The number of rotatable bonds is 4. The van der Waals surface area contributed by atoms with Crippen LogP contribution >= 0.6 is 0 Å². The zero-order valence-electron chi connectivity index (χ0n) is 27.5. The molecular weight excluding hydrogens is 683 g/mol. The standard InChI is InChI=1S/C46H29GeN3O/c1-4-16-30(17-5-1)44-43-45(35-24-10-13-25-38(35)47(43,31-18-6-2-7-19-31)32-20-8-3-9-21-32)49-46(48-44)50-39-26-14-11-22-33(39)36-29-42-37(28-40(36)50)34-23-12-15-27-41(34)51-42/h1-29H. The van der Waals surface area contributed by atoms with Crippen LogP contribution in [0.15, 0.2) is 180 Å². The molecule has 0 fully saturated rings.